The summed E-state index contributed by atoms with van der Waals surface area (Å²) in [6, 6.07) is 6.81. The van der Waals surface area contributed by atoms with E-state index in [4.69, 9.17) is 0 Å². The van der Waals surface area contributed by atoms with Crippen LogP contribution in [0.4, 0.5) is 0 Å². The van der Waals surface area contributed by atoms with Gasteiger partial charge in [-0.05, 0) is 25.0 Å². The molecule has 0 saturated carbocycles. The van der Waals surface area contributed by atoms with Crippen LogP contribution in [0.15, 0.2) is 48.1 Å². The Morgan fingerprint density at radius 2 is 1.71 bits per heavy atom. The Kier molecular flexibility index (Phi) is 3.52. The summed E-state index contributed by atoms with van der Waals surface area (Å²) in [5, 5.41) is 0. The first-order chi connectivity index (χ1) is 10.2. The molecule has 106 valence electrons. The highest BCUT2D eigenvalue weighted by atomic mass is 16.2. The third-order valence-corrected chi connectivity index (χ3v) is 3.76. The number of benzene rings is 1. The molecule has 1 aliphatic carbocycles. The number of carbonyl (C=O) groups excluding carboxylic acids is 3. The molecule has 4 heteroatoms. The van der Waals surface area contributed by atoms with E-state index in [9.17, 15) is 14.4 Å². The minimum atomic E-state index is -0.274. The van der Waals surface area contributed by atoms with Crippen LogP contribution < -0.4 is 0 Å². The summed E-state index contributed by atoms with van der Waals surface area (Å²) in [5.41, 5.74) is 1.57. The monoisotopic (exact) mass is 281 g/mol. The molecule has 0 fully saturated rings. The molecule has 0 saturated heterocycles. The topological polar surface area (TPSA) is 54.5 Å². The average Bonchev–Trinajstić information content (AvgIpc) is 2.74. The molecular formula is C17H15NO3. The highest BCUT2D eigenvalue weighted by Gasteiger charge is 2.34. The molecule has 0 radical (unpaired) electrons. The van der Waals surface area contributed by atoms with Crippen molar-refractivity contribution in [1.29, 1.82) is 0 Å². The zero-order valence-electron chi connectivity index (χ0n) is 11.5. The fourth-order valence-corrected chi connectivity index (χ4v) is 2.63. The lowest BCUT2D eigenvalue weighted by Gasteiger charge is -2.11. The number of amides is 2. The van der Waals surface area contributed by atoms with E-state index in [1.165, 1.54) is 4.90 Å². The van der Waals surface area contributed by atoms with Gasteiger partial charge in [0.25, 0.3) is 11.8 Å². The zero-order chi connectivity index (χ0) is 14.8. The van der Waals surface area contributed by atoms with Crippen molar-refractivity contribution in [1.82, 2.24) is 4.90 Å². The molecule has 0 N–H and O–H groups in total. The Hall–Kier alpha value is -2.49. The molecule has 0 spiro atoms. The third kappa shape index (κ3) is 2.44. The second-order valence-electron chi connectivity index (χ2n) is 5.14. The SMILES string of the molecule is O=C1CCCC=C1/C=C/CN1C(=O)c2ccccc2C1=O. The lowest BCUT2D eigenvalue weighted by atomic mass is 9.98. The van der Waals surface area contributed by atoms with Crippen molar-refractivity contribution >= 4 is 17.6 Å². The van der Waals surface area contributed by atoms with Gasteiger partial charge in [0, 0.05) is 18.5 Å². The van der Waals surface area contributed by atoms with E-state index < -0.39 is 0 Å². The molecule has 0 aromatic heterocycles. The summed E-state index contributed by atoms with van der Waals surface area (Å²) in [6.45, 7) is 0.191. The Morgan fingerprint density at radius 3 is 2.33 bits per heavy atom. The predicted molar refractivity (Wildman–Crippen MR) is 77.9 cm³/mol. The highest BCUT2D eigenvalue weighted by Crippen LogP contribution is 2.22. The summed E-state index contributed by atoms with van der Waals surface area (Å²) >= 11 is 0. The van der Waals surface area contributed by atoms with Crippen LogP contribution in [-0.4, -0.2) is 29.0 Å². The Bertz CT molecular complexity index is 650. The largest absolute Gasteiger partial charge is 0.294 e. The number of imide groups is 1. The van der Waals surface area contributed by atoms with Gasteiger partial charge < -0.3 is 0 Å². The fraction of sp³-hybridized carbons (Fsp3) is 0.235. The summed E-state index contributed by atoms with van der Waals surface area (Å²) in [5.74, 6) is -0.423. The van der Waals surface area contributed by atoms with Gasteiger partial charge in [0.1, 0.15) is 0 Å². The van der Waals surface area contributed by atoms with E-state index in [0.717, 1.165) is 12.8 Å². The number of ketones is 1. The predicted octanol–water partition coefficient (Wildman–Crippen LogP) is 2.52. The number of hydrogen-bond donors (Lipinski definition) is 0. The van der Waals surface area contributed by atoms with E-state index in [1.54, 1.807) is 36.4 Å². The van der Waals surface area contributed by atoms with E-state index in [1.807, 2.05) is 6.08 Å². The van der Waals surface area contributed by atoms with E-state index in [0.29, 0.717) is 23.1 Å². The molecule has 0 bridgehead atoms. The number of nitrogens with zero attached hydrogens (tertiary/aromatic N) is 1. The van der Waals surface area contributed by atoms with Crippen molar-refractivity contribution in [2.45, 2.75) is 19.3 Å². The third-order valence-electron chi connectivity index (χ3n) is 3.76. The standard InChI is InChI=1S/C17H15NO3/c19-15-10-4-1-6-12(15)7-5-11-18-16(20)13-8-2-3-9-14(13)17(18)21/h2-3,5-9H,1,4,10-11H2/b7-5+. The molecule has 21 heavy (non-hydrogen) atoms. The van der Waals surface area contributed by atoms with Gasteiger partial charge in [0.15, 0.2) is 5.78 Å². The number of fused-ring (bicyclic) bond motifs is 1. The molecule has 1 heterocycles. The fourth-order valence-electron chi connectivity index (χ4n) is 2.63. The maximum atomic E-state index is 12.1. The van der Waals surface area contributed by atoms with Crippen molar-refractivity contribution < 1.29 is 14.4 Å². The van der Waals surface area contributed by atoms with Gasteiger partial charge in [-0.1, -0.05) is 30.4 Å². The Balaban J connectivity index is 1.73. The molecule has 3 rings (SSSR count). The van der Waals surface area contributed by atoms with Gasteiger partial charge in [0.05, 0.1) is 11.1 Å². The van der Waals surface area contributed by atoms with Gasteiger partial charge in [0.2, 0.25) is 0 Å². The molecule has 0 atom stereocenters. The van der Waals surface area contributed by atoms with E-state index >= 15 is 0 Å². The van der Waals surface area contributed by atoms with Crippen molar-refractivity contribution in [2.24, 2.45) is 0 Å². The van der Waals surface area contributed by atoms with Crippen LogP contribution in [0.1, 0.15) is 40.0 Å². The first-order valence-electron chi connectivity index (χ1n) is 7.03. The van der Waals surface area contributed by atoms with Crippen molar-refractivity contribution in [3.8, 4) is 0 Å². The van der Waals surface area contributed by atoms with Crippen LogP contribution in [0.25, 0.3) is 0 Å². The van der Waals surface area contributed by atoms with Crippen LogP contribution in [0.5, 0.6) is 0 Å². The van der Waals surface area contributed by atoms with Crippen LogP contribution in [-0.2, 0) is 4.79 Å². The normalized spacial score (nSPS) is 18.4. The van der Waals surface area contributed by atoms with Crippen molar-refractivity contribution in [3.63, 3.8) is 0 Å². The highest BCUT2D eigenvalue weighted by molar-refractivity contribution is 6.21. The average molecular weight is 281 g/mol. The molecule has 1 aromatic carbocycles. The van der Waals surface area contributed by atoms with Gasteiger partial charge >= 0.3 is 0 Å². The summed E-state index contributed by atoms with van der Waals surface area (Å²) < 4.78 is 0. The number of rotatable bonds is 3. The second-order valence-corrected chi connectivity index (χ2v) is 5.14. The second kappa shape index (κ2) is 5.48. The first kappa shape index (κ1) is 13.5. The van der Waals surface area contributed by atoms with Crippen LogP contribution in [0.3, 0.4) is 0 Å². The molecule has 0 unspecified atom stereocenters. The quantitative estimate of drug-likeness (QED) is 0.800. The first-order valence-corrected chi connectivity index (χ1v) is 7.03. The van der Waals surface area contributed by atoms with Gasteiger partial charge in [-0.15, -0.1) is 0 Å². The van der Waals surface area contributed by atoms with Crippen LogP contribution in [0, 0.1) is 0 Å². The number of carbonyl (C=O) groups is 3. The lowest BCUT2D eigenvalue weighted by molar-refractivity contribution is -0.115. The van der Waals surface area contributed by atoms with Crippen LogP contribution >= 0.6 is 0 Å². The minimum Gasteiger partial charge on any atom is -0.294 e. The van der Waals surface area contributed by atoms with Gasteiger partial charge in [-0.2, -0.15) is 0 Å². The number of hydrogen-bond acceptors (Lipinski definition) is 3. The number of allylic oxidation sites excluding steroid dienone is 3. The van der Waals surface area contributed by atoms with Gasteiger partial charge in [-0.3, -0.25) is 19.3 Å². The van der Waals surface area contributed by atoms with Crippen LogP contribution in [0.2, 0.25) is 0 Å². The smallest absolute Gasteiger partial charge is 0.261 e. The Labute approximate surface area is 122 Å². The maximum absolute atomic E-state index is 12.1. The minimum absolute atomic E-state index is 0.125. The maximum Gasteiger partial charge on any atom is 0.261 e. The molecule has 4 nitrogen and oxygen atoms in total. The van der Waals surface area contributed by atoms with Gasteiger partial charge in [-0.25, -0.2) is 0 Å². The molecule has 2 amide bonds. The number of Topliss-reactive ketones (excluding diaryl/α,β-unsaturated/α-hetero) is 1. The summed E-state index contributed by atoms with van der Waals surface area (Å²) in [7, 11) is 0. The van der Waals surface area contributed by atoms with Crippen molar-refractivity contribution in [3.05, 3.63) is 59.2 Å². The lowest BCUT2D eigenvalue weighted by Crippen LogP contribution is -2.29. The Morgan fingerprint density at radius 1 is 1.05 bits per heavy atom. The zero-order valence-corrected chi connectivity index (χ0v) is 11.5. The molecule has 1 aliphatic heterocycles. The summed E-state index contributed by atoms with van der Waals surface area (Å²) in [4.78, 5) is 37.2. The van der Waals surface area contributed by atoms with Crippen molar-refractivity contribution in [2.75, 3.05) is 6.54 Å². The van der Waals surface area contributed by atoms with E-state index in [2.05, 4.69) is 0 Å². The molecule has 2 aliphatic rings. The summed E-state index contributed by atoms with van der Waals surface area (Å²) in [6.07, 6.45) is 7.70. The van der Waals surface area contributed by atoms with E-state index in [-0.39, 0.29) is 24.1 Å². The molecule has 1 aromatic rings. The molecular weight excluding hydrogens is 266 g/mol.